The highest BCUT2D eigenvalue weighted by atomic mass is 16.5. The number of ether oxygens (including phenoxy) is 1. The molecule has 26 heavy (non-hydrogen) atoms. The molecule has 1 atom stereocenters. The molecule has 2 amide bonds. The fraction of sp³-hybridized carbons (Fsp3) is 0.333. The van der Waals surface area contributed by atoms with E-state index in [1.54, 1.807) is 12.0 Å². The Hall–Kier alpha value is -2.82. The molecule has 5 heteroatoms. The van der Waals surface area contributed by atoms with Gasteiger partial charge in [0.25, 0.3) is 0 Å². The van der Waals surface area contributed by atoms with Crippen molar-refractivity contribution in [3.05, 3.63) is 59.7 Å². The van der Waals surface area contributed by atoms with Crippen molar-refractivity contribution in [3.63, 3.8) is 0 Å². The number of likely N-dealkylation sites (tertiary alicyclic amines) is 1. The van der Waals surface area contributed by atoms with Crippen LogP contribution in [0.3, 0.4) is 0 Å². The van der Waals surface area contributed by atoms with Gasteiger partial charge in [-0.3, -0.25) is 9.59 Å². The molecule has 2 aromatic carbocycles. The molecule has 0 N–H and O–H groups in total. The SMILES string of the molecule is COc1ccccc1CN1CC(C(=O)N2CCc3ccccc32)CC1=O. The lowest BCUT2D eigenvalue weighted by Crippen LogP contribution is -2.36. The fourth-order valence-electron chi connectivity index (χ4n) is 3.92. The van der Waals surface area contributed by atoms with E-state index in [0.29, 0.717) is 19.6 Å². The number of amides is 2. The third kappa shape index (κ3) is 2.94. The monoisotopic (exact) mass is 350 g/mol. The number of nitrogens with zero attached hydrogens (tertiary/aromatic N) is 2. The number of anilines is 1. The minimum absolute atomic E-state index is 0.0294. The molecule has 0 spiro atoms. The second kappa shape index (κ2) is 6.83. The highest BCUT2D eigenvalue weighted by Crippen LogP contribution is 2.32. The lowest BCUT2D eigenvalue weighted by atomic mass is 10.1. The fourth-order valence-corrected chi connectivity index (χ4v) is 3.92. The molecule has 4 rings (SSSR count). The molecule has 2 aliphatic heterocycles. The third-order valence-electron chi connectivity index (χ3n) is 5.27. The Morgan fingerprint density at radius 3 is 2.77 bits per heavy atom. The van der Waals surface area contributed by atoms with Crippen LogP contribution in [0.5, 0.6) is 5.75 Å². The van der Waals surface area contributed by atoms with Crippen molar-refractivity contribution in [1.29, 1.82) is 0 Å². The van der Waals surface area contributed by atoms with Gasteiger partial charge in [0.05, 0.1) is 13.0 Å². The summed E-state index contributed by atoms with van der Waals surface area (Å²) in [6, 6.07) is 15.7. The molecule has 2 aliphatic rings. The second-order valence-corrected chi connectivity index (χ2v) is 6.86. The van der Waals surface area contributed by atoms with Crippen LogP contribution in [0.15, 0.2) is 48.5 Å². The predicted molar refractivity (Wildman–Crippen MR) is 99.0 cm³/mol. The Kier molecular flexibility index (Phi) is 4.37. The number of fused-ring (bicyclic) bond motifs is 1. The third-order valence-corrected chi connectivity index (χ3v) is 5.27. The maximum atomic E-state index is 13.0. The smallest absolute Gasteiger partial charge is 0.232 e. The first-order chi connectivity index (χ1) is 12.7. The number of methoxy groups -OCH3 is 1. The average Bonchev–Trinajstić information content (AvgIpc) is 3.26. The summed E-state index contributed by atoms with van der Waals surface area (Å²) in [5.74, 6) is 0.583. The number of carbonyl (C=O) groups excluding carboxylic acids is 2. The molecule has 0 radical (unpaired) electrons. The largest absolute Gasteiger partial charge is 0.496 e. The highest BCUT2D eigenvalue weighted by Gasteiger charge is 2.38. The number of benzene rings is 2. The molecule has 2 heterocycles. The molecule has 0 aromatic heterocycles. The van der Waals surface area contributed by atoms with Crippen LogP contribution in [-0.4, -0.2) is 36.9 Å². The maximum absolute atomic E-state index is 13.0. The molecule has 0 bridgehead atoms. The van der Waals surface area contributed by atoms with Crippen LogP contribution in [0, 0.1) is 5.92 Å². The molecular weight excluding hydrogens is 328 g/mol. The summed E-state index contributed by atoms with van der Waals surface area (Å²) in [6.45, 7) is 1.65. The van der Waals surface area contributed by atoms with Gasteiger partial charge in [-0.1, -0.05) is 36.4 Å². The van der Waals surface area contributed by atoms with Gasteiger partial charge in [-0.05, 0) is 24.1 Å². The molecule has 5 nitrogen and oxygen atoms in total. The lowest BCUT2D eigenvalue weighted by molar-refractivity contribution is -0.128. The predicted octanol–water partition coefficient (Wildman–Crippen LogP) is 2.63. The Labute approximate surface area is 153 Å². The van der Waals surface area contributed by atoms with E-state index < -0.39 is 0 Å². The average molecular weight is 350 g/mol. The topological polar surface area (TPSA) is 49.9 Å². The van der Waals surface area contributed by atoms with Gasteiger partial charge in [-0.2, -0.15) is 0 Å². The standard InChI is InChI=1S/C21H22N2O3/c1-26-19-9-5-3-7-16(19)13-22-14-17(12-20(22)24)21(25)23-11-10-15-6-2-4-8-18(15)23/h2-9,17H,10-14H2,1H3. The summed E-state index contributed by atoms with van der Waals surface area (Å²) >= 11 is 0. The first-order valence-electron chi connectivity index (χ1n) is 8.96. The van der Waals surface area contributed by atoms with E-state index in [1.807, 2.05) is 47.4 Å². The molecule has 1 unspecified atom stereocenters. The number of hydrogen-bond acceptors (Lipinski definition) is 3. The molecule has 0 aliphatic carbocycles. The van der Waals surface area contributed by atoms with Crippen LogP contribution >= 0.6 is 0 Å². The van der Waals surface area contributed by atoms with E-state index in [1.165, 1.54) is 5.56 Å². The van der Waals surface area contributed by atoms with Gasteiger partial charge < -0.3 is 14.5 Å². The van der Waals surface area contributed by atoms with E-state index in [9.17, 15) is 9.59 Å². The van der Waals surface area contributed by atoms with E-state index in [0.717, 1.165) is 23.4 Å². The summed E-state index contributed by atoms with van der Waals surface area (Å²) in [4.78, 5) is 29.1. The Morgan fingerprint density at radius 1 is 1.15 bits per heavy atom. The first-order valence-corrected chi connectivity index (χ1v) is 8.96. The molecular formula is C21H22N2O3. The zero-order chi connectivity index (χ0) is 18.1. The molecule has 2 aromatic rings. The summed E-state index contributed by atoms with van der Waals surface area (Å²) in [5.41, 5.74) is 3.16. The van der Waals surface area contributed by atoms with E-state index in [-0.39, 0.29) is 24.2 Å². The normalized spacial score (nSPS) is 19.0. The Bertz CT molecular complexity index is 849. The van der Waals surface area contributed by atoms with Crippen molar-refractivity contribution in [2.45, 2.75) is 19.4 Å². The maximum Gasteiger partial charge on any atom is 0.232 e. The van der Waals surface area contributed by atoms with Gasteiger partial charge in [-0.15, -0.1) is 0 Å². The molecule has 134 valence electrons. The van der Waals surface area contributed by atoms with Crippen LogP contribution in [0.1, 0.15) is 17.5 Å². The van der Waals surface area contributed by atoms with Gasteiger partial charge in [0, 0.05) is 37.3 Å². The number of carbonyl (C=O) groups is 2. The van der Waals surface area contributed by atoms with Crippen molar-refractivity contribution in [2.75, 3.05) is 25.1 Å². The number of para-hydroxylation sites is 2. The summed E-state index contributed by atoms with van der Waals surface area (Å²) in [5, 5.41) is 0. The summed E-state index contributed by atoms with van der Waals surface area (Å²) < 4.78 is 5.37. The minimum atomic E-state index is -0.275. The van der Waals surface area contributed by atoms with Gasteiger partial charge in [0.2, 0.25) is 11.8 Å². The zero-order valence-corrected chi connectivity index (χ0v) is 14.9. The molecule has 0 saturated carbocycles. The van der Waals surface area contributed by atoms with E-state index >= 15 is 0 Å². The number of rotatable bonds is 4. The number of hydrogen-bond donors (Lipinski definition) is 0. The highest BCUT2D eigenvalue weighted by molar-refractivity contribution is 6.00. The molecule has 1 saturated heterocycles. The van der Waals surface area contributed by atoms with Crippen LogP contribution in [0.4, 0.5) is 5.69 Å². The zero-order valence-electron chi connectivity index (χ0n) is 14.9. The van der Waals surface area contributed by atoms with Crippen molar-refractivity contribution >= 4 is 17.5 Å². The molecule has 1 fully saturated rings. The van der Waals surface area contributed by atoms with E-state index in [4.69, 9.17) is 4.74 Å². The van der Waals surface area contributed by atoms with Crippen LogP contribution in [-0.2, 0) is 22.6 Å². The lowest BCUT2D eigenvalue weighted by Gasteiger charge is -2.22. The quantitative estimate of drug-likeness (QED) is 0.852. The van der Waals surface area contributed by atoms with Crippen LogP contribution < -0.4 is 9.64 Å². The summed E-state index contributed by atoms with van der Waals surface area (Å²) in [7, 11) is 1.63. The van der Waals surface area contributed by atoms with Gasteiger partial charge >= 0.3 is 0 Å². The van der Waals surface area contributed by atoms with Gasteiger partial charge in [0.15, 0.2) is 0 Å². The van der Waals surface area contributed by atoms with Crippen molar-refractivity contribution in [2.24, 2.45) is 5.92 Å². The Balaban J connectivity index is 1.47. The first kappa shape index (κ1) is 16.6. The second-order valence-electron chi connectivity index (χ2n) is 6.86. The van der Waals surface area contributed by atoms with Crippen molar-refractivity contribution in [1.82, 2.24) is 4.90 Å². The van der Waals surface area contributed by atoms with Crippen molar-refractivity contribution < 1.29 is 14.3 Å². The van der Waals surface area contributed by atoms with Crippen molar-refractivity contribution in [3.8, 4) is 5.75 Å². The Morgan fingerprint density at radius 2 is 1.92 bits per heavy atom. The van der Waals surface area contributed by atoms with Gasteiger partial charge in [0.1, 0.15) is 5.75 Å². The summed E-state index contributed by atoms with van der Waals surface area (Å²) in [6.07, 6.45) is 1.17. The van der Waals surface area contributed by atoms with Gasteiger partial charge in [-0.25, -0.2) is 0 Å². The van der Waals surface area contributed by atoms with Crippen LogP contribution in [0.2, 0.25) is 0 Å². The van der Waals surface area contributed by atoms with Crippen LogP contribution in [0.25, 0.3) is 0 Å². The minimum Gasteiger partial charge on any atom is -0.496 e. The van der Waals surface area contributed by atoms with E-state index in [2.05, 4.69) is 6.07 Å².